The highest BCUT2D eigenvalue weighted by Gasteiger charge is 2.38. The Kier molecular flexibility index (Phi) is 5.45. The quantitative estimate of drug-likeness (QED) is 0.660. The minimum atomic E-state index is -0.379. The third kappa shape index (κ3) is 3.76. The summed E-state index contributed by atoms with van der Waals surface area (Å²) in [5, 5.41) is 11.5. The molecule has 0 aliphatic heterocycles. The molecule has 1 aromatic carbocycles. The lowest BCUT2D eigenvalue weighted by Crippen LogP contribution is -2.40. The minimum Gasteiger partial charge on any atom is -0.361 e. The molecule has 0 radical (unpaired) electrons. The van der Waals surface area contributed by atoms with Crippen LogP contribution in [0.5, 0.6) is 0 Å². The second-order valence-corrected chi connectivity index (χ2v) is 8.30. The summed E-state index contributed by atoms with van der Waals surface area (Å²) in [6.45, 7) is 6.49. The standard InChI is InChI=1S/C23H27FN4O2/c1-15-12-16(2)28(26-15)13-18-17(3)30-27-21(18)22(29)25-14-23(10-6-7-11-23)19-8-4-5-9-20(19)24/h4-5,8-9,12H,6-7,10-11,13-14H2,1-3H3,(H,25,29). The van der Waals surface area contributed by atoms with E-state index in [0.717, 1.165) is 37.1 Å². The van der Waals surface area contributed by atoms with E-state index < -0.39 is 0 Å². The van der Waals surface area contributed by atoms with Crippen LogP contribution in [0.1, 0.15) is 64.4 Å². The summed E-state index contributed by atoms with van der Waals surface area (Å²) >= 11 is 0. The van der Waals surface area contributed by atoms with E-state index >= 15 is 0 Å². The zero-order valence-electron chi connectivity index (χ0n) is 17.7. The van der Waals surface area contributed by atoms with E-state index in [0.29, 0.717) is 30.0 Å². The number of halogens is 1. The summed E-state index contributed by atoms with van der Waals surface area (Å²) < 4.78 is 21.7. The van der Waals surface area contributed by atoms with Crippen molar-refractivity contribution >= 4 is 5.91 Å². The van der Waals surface area contributed by atoms with Crippen LogP contribution in [0.4, 0.5) is 4.39 Å². The maximum absolute atomic E-state index is 14.5. The predicted octanol–water partition coefficient (Wildman–Crippen LogP) is 4.23. The molecule has 1 fully saturated rings. The average molecular weight is 410 g/mol. The Bertz CT molecular complexity index is 1060. The van der Waals surface area contributed by atoms with Crippen molar-refractivity contribution in [2.24, 2.45) is 0 Å². The lowest BCUT2D eigenvalue weighted by Gasteiger charge is -2.30. The summed E-state index contributed by atoms with van der Waals surface area (Å²) in [5.74, 6) is 0.0829. The van der Waals surface area contributed by atoms with Crippen LogP contribution in [0.15, 0.2) is 34.9 Å². The van der Waals surface area contributed by atoms with Crippen LogP contribution in [0.3, 0.4) is 0 Å². The zero-order valence-corrected chi connectivity index (χ0v) is 17.7. The fraction of sp³-hybridized carbons (Fsp3) is 0.435. The molecular weight excluding hydrogens is 383 g/mol. The second-order valence-electron chi connectivity index (χ2n) is 8.30. The van der Waals surface area contributed by atoms with Gasteiger partial charge in [0.1, 0.15) is 11.6 Å². The summed E-state index contributed by atoms with van der Waals surface area (Å²) in [6, 6.07) is 8.87. The summed E-state index contributed by atoms with van der Waals surface area (Å²) in [7, 11) is 0. The first-order valence-corrected chi connectivity index (χ1v) is 10.4. The molecule has 7 heteroatoms. The SMILES string of the molecule is Cc1cc(C)n(Cc2c(C(=O)NCC3(c4ccccc4F)CCCC3)noc2C)n1. The molecule has 0 atom stereocenters. The van der Waals surface area contributed by atoms with E-state index in [1.54, 1.807) is 13.0 Å². The fourth-order valence-corrected chi connectivity index (χ4v) is 4.56. The van der Waals surface area contributed by atoms with Crippen LogP contribution in [0.25, 0.3) is 0 Å². The molecular formula is C23H27FN4O2. The van der Waals surface area contributed by atoms with Gasteiger partial charge in [-0.3, -0.25) is 9.48 Å². The number of rotatable bonds is 6. The van der Waals surface area contributed by atoms with Gasteiger partial charge in [-0.2, -0.15) is 5.10 Å². The van der Waals surface area contributed by atoms with Crippen molar-refractivity contribution in [3.05, 3.63) is 70.1 Å². The number of aryl methyl sites for hydroxylation is 3. The molecule has 6 nitrogen and oxygen atoms in total. The van der Waals surface area contributed by atoms with E-state index in [-0.39, 0.29) is 22.8 Å². The Morgan fingerprint density at radius 1 is 1.23 bits per heavy atom. The van der Waals surface area contributed by atoms with Gasteiger partial charge in [0, 0.05) is 23.2 Å². The molecule has 158 valence electrons. The number of carbonyl (C=O) groups excluding carboxylic acids is 1. The van der Waals surface area contributed by atoms with Crippen molar-refractivity contribution in [3.63, 3.8) is 0 Å². The predicted molar refractivity (Wildman–Crippen MR) is 111 cm³/mol. The normalized spacial score (nSPS) is 15.5. The number of benzene rings is 1. The molecule has 2 heterocycles. The monoisotopic (exact) mass is 410 g/mol. The summed E-state index contributed by atoms with van der Waals surface area (Å²) in [5.41, 5.74) is 3.20. The van der Waals surface area contributed by atoms with Gasteiger partial charge in [0.15, 0.2) is 5.69 Å². The van der Waals surface area contributed by atoms with Crippen LogP contribution in [0, 0.1) is 26.6 Å². The van der Waals surface area contributed by atoms with Crippen molar-refractivity contribution in [3.8, 4) is 0 Å². The number of nitrogens with one attached hydrogen (secondary N) is 1. The van der Waals surface area contributed by atoms with Gasteiger partial charge in [0.25, 0.3) is 5.91 Å². The molecule has 30 heavy (non-hydrogen) atoms. The number of hydrogen-bond acceptors (Lipinski definition) is 4. The summed E-state index contributed by atoms with van der Waals surface area (Å²) in [6.07, 6.45) is 3.75. The Morgan fingerprint density at radius 3 is 2.63 bits per heavy atom. The molecule has 0 bridgehead atoms. The third-order valence-corrected chi connectivity index (χ3v) is 6.20. The lowest BCUT2D eigenvalue weighted by atomic mass is 9.78. The van der Waals surface area contributed by atoms with Gasteiger partial charge in [-0.15, -0.1) is 0 Å². The molecule has 0 unspecified atom stereocenters. The van der Waals surface area contributed by atoms with Crippen molar-refractivity contribution in [2.75, 3.05) is 6.54 Å². The first-order chi connectivity index (χ1) is 14.4. The number of carbonyl (C=O) groups is 1. The van der Waals surface area contributed by atoms with Gasteiger partial charge in [-0.05, 0) is 51.3 Å². The minimum absolute atomic E-state index is 0.212. The first kappa shape index (κ1) is 20.3. The molecule has 2 aromatic heterocycles. The van der Waals surface area contributed by atoms with Gasteiger partial charge >= 0.3 is 0 Å². The maximum atomic E-state index is 14.5. The van der Waals surface area contributed by atoms with E-state index in [1.807, 2.05) is 36.7 Å². The van der Waals surface area contributed by atoms with Crippen LogP contribution >= 0.6 is 0 Å². The lowest BCUT2D eigenvalue weighted by molar-refractivity contribution is 0.0932. The smallest absolute Gasteiger partial charge is 0.273 e. The summed E-state index contributed by atoms with van der Waals surface area (Å²) in [4.78, 5) is 13.0. The molecule has 1 aliphatic carbocycles. The van der Waals surface area contributed by atoms with E-state index in [2.05, 4.69) is 15.6 Å². The maximum Gasteiger partial charge on any atom is 0.273 e. The number of amides is 1. The van der Waals surface area contributed by atoms with Gasteiger partial charge in [-0.1, -0.05) is 36.2 Å². The highest BCUT2D eigenvalue weighted by atomic mass is 19.1. The molecule has 1 aliphatic rings. The fourth-order valence-electron chi connectivity index (χ4n) is 4.56. The van der Waals surface area contributed by atoms with Crippen LogP contribution in [0.2, 0.25) is 0 Å². The van der Waals surface area contributed by atoms with Crippen molar-refractivity contribution in [2.45, 2.75) is 58.4 Å². The number of hydrogen-bond donors (Lipinski definition) is 1. The zero-order chi connectivity index (χ0) is 21.3. The largest absolute Gasteiger partial charge is 0.361 e. The first-order valence-electron chi connectivity index (χ1n) is 10.4. The molecule has 0 spiro atoms. The van der Waals surface area contributed by atoms with Gasteiger partial charge < -0.3 is 9.84 Å². The number of nitrogens with zero attached hydrogens (tertiary/aromatic N) is 3. The van der Waals surface area contributed by atoms with Crippen molar-refractivity contribution in [1.82, 2.24) is 20.3 Å². The molecule has 4 rings (SSSR count). The molecule has 1 amide bonds. The second kappa shape index (κ2) is 8.05. The van der Waals surface area contributed by atoms with Crippen LogP contribution in [-0.4, -0.2) is 27.4 Å². The van der Waals surface area contributed by atoms with Crippen molar-refractivity contribution in [1.29, 1.82) is 0 Å². The van der Waals surface area contributed by atoms with E-state index in [1.165, 1.54) is 6.07 Å². The third-order valence-electron chi connectivity index (χ3n) is 6.20. The van der Waals surface area contributed by atoms with E-state index in [9.17, 15) is 9.18 Å². The average Bonchev–Trinajstić information content (AvgIpc) is 3.41. The van der Waals surface area contributed by atoms with Gasteiger partial charge in [-0.25, -0.2) is 4.39 Å². The Balaban J connectivity index is 1.54. The molecule has 1 N–H and O–H groups in total. The Morgan fingerprint density at radius 2 is 1.97 bits per heavy atom. The van der Waals surface area contributed by atoms with E-state index in [4.69, 9.17) is 4.52 Å². The topological polar surface area (TPSA) is 73.0 Å². The van der Waals surface area contributed by atoms with Crippen LogP contribution in [-0.2, 0) is 12.0 Å². The molecule has 0 saturated heterocycles. The molecule has 1 saturated carbocycles. The highest BCUT2D eigenvalue weighted by molar-refractivity contribution is 5.93. The van der Waals surface area contributed by atoms with Gasteiger partial charge in [0.05, 0.1) is 12.2 Å². The number of aromatic nitrogens is 3. The highest BCUT2D eigenvalue weighted by Crippen LogP contribution is 2.41. The Hall–Kier alpha value is -2.96. The van der Waals surface area contributed by atoms with Crippen LogP contribution < -0.4 is 5.32 Å². The van der Waals surface area contributed by atoms with Gasteiger partial charge in [0.2, 0.25) is 0 Å². The Labute approximate surface area is 175 Å². The molecule has 3 aromatic rings. The van der Waals surface area contributed by atoms with Crippen molar-refractivity contribution < 1.29 is 13.7 Å².